The van der Waals surface area contributed by atoms with E-state index in [4.69, 9.17) is 4.74 Å². The fourth-order valence-electron chi connectivity index (χ4n) is 2.53. The van der Waals surface area contributed by atoms with Crippen LogP contribution < -0.4 is 9.46 Å². The van der Waals surface area contributed by atoms with Crippen LogP contribution in [0.15, 0.2) is 59.9 Å². The van der Waals surface area contributed by atoms with Gasteiger partial charge >= 0.3 is 0 Å². The summed E-state index contributed by atoms with van der Waals surface area (Å²) >= 11 is 0. The highest BCUT2D eigenvalue weighted by atomic mass is 32.2. The van der Waals surface area contributed by atoms with Gasteiger partial charge in [0.05, 0.1) is 12.3 Å². The smallest absolute Gasteiger partial charge is 0.269 e. The van der Waals surface area contributed by atoms with Crippen LogP contribution in [0.25, 0.3) is 5.69 Å². The van der Waals surface area contributed by atoms with Crippen LogP contribution in [0.1, 0.15) is 22.8 Å². The number of hydrogen-bond donors (Lipinski definition) is 1. The Morgan fingerprint density at radius 2 is 2.04 bits per heavy atom. The quantitative estimate of drug-likeness (QED) is 0.696. The van der Waals surface area contributed by atoms with Crippen molar-refractivity contribution in [3.05, 3.63) is 66.1 Å². The maximum absolute atomic E-state index is 12.6. The van der Waals surface area contributed by atoms with Gasteiger partial charge in [-0.15, -0.1) is 0 Å². The first-order chi connectivity index (χ1) is 12.9. The van der Waals surface area contributed by atoms with Crippen molar-refractivity contribution in [3.63, 3.8) is 0 Å². The lowest BCUT2D eigenvalue weighted by Crippen LogP contribution is -2.31. The van der Waals surface area contributed by atoms with E-state index in [1.54, 1.807) is 48.3 Å². The van der Waals surface area contributed by atoms with Crippen LogP contribution in [0.5, 0.6) is 5.88 Å². The summed E-state index contributed by atoms with van der Waals surface area (Å²) in [6.45, 7) is 3.78. The average Bonchev–Trinajstić information content (AvgIpc) is 3.16. The fourth-order valence-corrected chi connectivity index (χ4v) is 3.60. The first-order valence-electron chi connectivity index (χ1n) is 8.18. The van der Waals surface area contributed by atoms with E-state index in [0.717, 1.165) is 11.3 Å². The van der Waals surface area contributed by atoms with E-state index in [9.17, 15) is 13.2 Å². The number of rotatable bonds is 6. The number of aromatic nitrogens is 3. The van der Waals surface area contributed by atoms with Crippen molar-refractivity contribution in [1.82, 2.24) is 19.5 Å². The number of amides is 1. The third kappa shape index (κ3) is 3.98. The largest absolute Gasteiger partial charge is 0.477 e. The monoisotopic (exact) mass is 386 g/mol. The van der Waals surface area contributed by atoms with Gasteiger partial charge in [-0.2, -0.15) is 5.10 Å². The van der Waals surface area contributed by atoms with Gasteiger partial charge in [0.25, 0.3) is 15.9 Å². The Kier molecular flexibility index (Phi) is 5.22. The van der Waals surface area contributed by atoms with Gasteiger partial charge in [0.1, 0.15) is 4.90 Å². The molecular formula is C18H18N4O4S. The number of hydrogen-bond acceptors (Lipinski definition) is 6. The maximum atomic E-state index is 12.6. The van der Waals surface area contributed by atoms with Gasteiger partial charge in [0.15, 0.2) is 0 Å². The number of sulfonamides is 1. The van der Waals surface area contributed by atoms with Gasteiger partial charge in [-0.3, -0.25) is 4.79 Å². The molecule has 3 rings (SSSR count). The van der Waals surface area contributed by atoms with Gasteiger partial charge in [-0.1, -0.05) is 0 Å². The number of nitrogens with one attached hydrogen (secondary N) is 1. The van der Waals surface area contributed by atoms with Gasteiger partial charge in [0.2, 0.25) is 5.88 Å². The molecule has 0 radical (unpaired) electrons. The van der Waals surface area contributed by atoms with E-state index < -0.39 is 15.9 Å². The van der Waals surface area contributed by atoms with Gasteiger partial charge in [-0.05, 0) is 55.8 Å². The number of nitrogens with zero attached hydrogens (tertiary/aromatic N) is 3. The van der Waals surface area contributed by atoms with E-state index in [0.29, 0.717) is 0 Å². The molecule has 0 unspecified atom stereocenters. The number of aryl methyl sites for hydroxylation is 1. The van der Waals surface area contributed by atoms with Crippen molar-refractivity contribution in [2.45, 2.75) is 18.7 Å². The zero-order valence-electron chi connectivity index (χ0n) is 14.8. The Bertz CT molecular complexity index is 1060. The van der Waals surface area contributed by atoms with E-state index >= 15 is 0 Å². The molecule has 2 heterocycles. The lowest BCUT2D eigenvalue weighted by Gasteiger charge is -2.12. The molecule has 3 aromatic rings. The Hall–Kier alpha value is -3.20. The molecule has 0 aliphatic carbocycles. The molecular weight excluding hydrogens is 368 g/mol. The average molecular weight is 386 g/mol. The third-order valence-electron chi connectivity index (χ3n) is 3.74. The lowest BCUT2D eigenvalue weighted by molar-refractivity contribution is 0.0981. The van der Waals surface area contributed by atoms with Crippen LogP contribution in [-0.4, -0.2) is 35.7 Å². The summed E-state index contributed by atoms with van der Waals surface area (Å²) in [4.78, 5) is 16.2. The Labute approximate surface area is 156 Å². The second-order valence-electron chi connectivity index (χ2n) is 5.63. The summed E-state index contributed by atoms with van der Waals surface area (Å²) in [6, 6.07) is 9.44. The Balaban J connectivity index is 1.86. The first kappa shape index (κ1) is 18.6. The molecule has 0 aliphatic heterocycles. The Morgan fingerprint density at radius 1 is 1.22 bits per heavy atom. The molecule has 1 N–H and O–H groups in total. The molecule has 140 valence electrons. The SMILES string of the molecule is CCOc1ncccc1S(=O)(=O)NC(=O)c1ccc(-n2cccn2)c(C)c1. The van der Waals surface area contributed by atoms with E-state index in [-0.39, 0.29) is 22.9 Å². The highest BCUT2D eigenvalue weighted by Crippen LogP contribution is 2.21. The van der Waals surface area contributed by atoms with Crippen molar-refractivity contribution in [2.24, 2.45) is 0 Å². The summed E-state index contributed by atoms with van der Waals surface area (Å²) in [5.41, 5.74) is 1.79. The van der Waals surface area contributed by atoms with Crippen molar-refractivity contribution in [2.75, 3.05) is 6.61 Å². The molecule has 0 spiro atoms. The molecule has 0 saturated heterocycles. The molecule has 2 aromatic heterocycles. The number of benzene rings is 1. The van der Waals surface area contributed by atoms with Crippen LogP contribution in [0.3, 0.4) is 0 Å². The molecule has 0 aliphatic rings. The summed E-state index contributed by atoms with van der Waals surface area (Å²) in [5.74, 6) is -0.790. The third-order valence-corrected chi connectivity index (χ3v) is 5.09. The van der Waals surface area contributed by atoms with Crippen molar-refractivity contribution >= 4 is 15.9 Å². The highest BCUT2D eigenvalue weighted by Gasteiger charge is 2.24. The zero-order chi connectivity index (χ0) is 19.4. The van der Waals surface area contributed by atoms with Crippen LogP contribution in [0, 0.1) is 6.92 Å². The molecule has 9 heteroatoms. The minimum absolute atomic E-state index is 0.0505. The van der Waals surface area contributed by atoms with Gasteiger partial charge in [0, 0.05) is 24.2 Å². The fraction of sp³-hybridized carbons (Fsp3) is 0.167. The molecule has 1 amide bonds. The predicted octanol–water partition coefficient (Wildman–Crippen LogP) is 2.09. The van der Waals surface area contributed by atoms with Crippen LogP contribution in [0.2, 0.25) is 0 Å². The zero-order valence-corrected chi connectivity index (χ0v) is 15.6. The molecule has 27 heavy (non-hydrogen) atoms. The van der Waals surface area contributed by atoms with Crippen molar-refractivity contribution in [1.29, 1.82) is 0 Å². The van der Waals surface area contributed by atoms with Gasteiger partial charge < -0.3 is 4.74 Å². The van der Waals surface area contributed by atoms with Crippen LogP contribution in [0.4, 0.5) is 0 Å². The van der Waals surface area contributed by atoms with E-state index in [1.165, 1.54) is 18.3 Å². The second-order valence-corrected chi connectivity index (χ2v) is 7.28. The normalized spacial score (nSPS) is 11.2. The predicted molar refractivity (Wildman–Crippen MR) is 98.4 cm³/mol. The van der Waals surface area contributed by atoms with E-state index in [1.807, 2.05) is 6.92 Å². The molecule has 8 nitrogen and oxygen atoms in total. The molecule has 0 fully saturated rings. The lowest BCUT2D eigenvalue weighted by atomic mass is 10.1. The van der Waals surface area contributed by atoms with Crippen LogP contribution >= 0.6 is 0 Å². The molecule has 0 atom stereocenters. The standard InChI is InChI=1S/C18H18N4O4S/c1-3-26-18-16(6-4-9-19-18)27(24,25)21-17(23)14-7-8-15(13(2)12-14)22-11-5-10-20-22/h4-12H,3H2,1-2H3,(H,21,23). The number of carbonyl (C=O) groups excluding carboxylic acids is 1. The summed E-state index contributed by atoms with van der Waals surface area (Å²) in [5, 5.41) is 4.15. The highest BCUT2D eigenvalue weighted by molar-refractivity contribution is 7.90. The van der Waals surface area contributed by atoms with E-state index in [2.05, 4.69) is 14.8 Å². The maximum Gasteiger partial charge on any atom is 0.269 e. The number of pyridine rings is 1. The molecule has 0 saturated carbocycles. The summed E-state index contributed by atoms with van der Waals surface area (Å²) in [6.07, 6.45) is 4.85. The molecule has 1 aromatic carbocycles. The minimum atomic E-state index is -4.13. The van der Waals surface area contributed by atoms with Crippen molar-refractivity contribution < 1.29 is 17.9 Å². The topological polar surface area (TPSA) is 103 Å². The first-order valence-corrected chi connectivity index (χ1v) is 9.66. The van der Waals surface area contributed by atoms with Gasteiger partial charge in [-0.25, -0.2) is 22.8 Å². The second kappa shape index (κ2) is 7.58. The van der Waals surface area contributed by atoms with Crippen LogP contribution in [-0.2, 0) is 10.0 Å². The summed E-state index contributed by atoms with van der Waals surface area (Å²) < 4.78 is 34.1. The number of carbonyl (C=O) groups is 1. The minimum Gasteiger partial charge on any atom is -0.477 e. The number of ether oxygens (including phenoxy) is 1. The summed E-state index contributed by atoms with van der Waals surface area (Å²) in [7, 11) is -4.13. The molecule has 0 bridgehead atoms. The Morgan fingerprint density at radius 3 is 2.70 bits per heavy atom. The van der Waals surface area contributed by atoms with Crippen molar-refractivity contribution in [3.8, 4) is 11.6 Å².